The molecular formula is C22H19ClF3N3O2. The van der Waals surface area contributed by atoms with Gasteiger partial charge in [0.25, 0.3) is 5.56 Å². The lowest BCUT2D eigenvalue weighted by atomic mass is 10.0. The van der Waals surface area contributed by atoms with Gasteiger partial charge >= 0.3 is 6.18 Å². The van der Waals surface area contributed by atoms with Crippen molar-refractivity contribution in [1.29, 1.82) is 0 Å². The van der Waals surface area contributed by atoms with Crippen LogP contribution in [0.1, 0.15) is 22.8 Å². The number of benzene rings is 2. The molecule has 162 valence electrons. The summed E-state index contributed by atoms with van der Waals surface area (Å²) in [6.45, 7) is 1.47. The minimum Gasteiger partial charge on any atom is -0.370 e. The van der Waals surface area contributed by atoms with Crippen molar-refractivity contribution in [2.24, 2.45) is 0 Å². The van der Waals surface area contributed by atoms with Gasteiger partial charge in [0.1, 0.15) is 11.1 Å². The predicted molar refractivity (Wildman–Crippen MR) is 111 cm³/mol. The number of anilines is 1. The lowest BCUT2D eigenvalue weighted by molar-refractivity contribution is -0.137. The van der Waals surface area contributed by atoms with Gasteiger partial charge in [0.15, 0.2) is 0 Å². The zero-order chi connectivity index (χ0) is 22.0. The highest BCUT2D eigenvalue weighted by Gasteiger charge is 2.31. The molecule has 1 unspecified atom stereocenters. The van der Waals surface area contributed by atoms with E-state index in [0.717, 1.165) is 17.7 Å². The van der Waals surface area contributed by atoms with Crippen LogP contribution in [-0.4, -0.2) is 29.5 Å². The number of aromatic nitrogens is 2. The van der Waals surface area contributed by atoms with Gasteiger partial charge in [0.2, 0.25) is 0 Å². The Kier molecular flexibility index (Phi) is 6.02. The average Bonchev–Trinajstić information content (AvgIpc) is 2.77. The topological polar surface area (TPSA) is 47.4 Å². The molecule has 1 aliphatic rings. The highest BCUT2D eigenvalue weighted by Crippen LogP contribution is 2.32. The zero-order valence-electron chi connectivity index (χ0n) is 16.3. The van der Waals surface area contributed by atoms with Crippen molar-refractivity contribution in [3.05, 3.63) is 92.9 Å². The first-order valence-corrected chi connectivity index (χ1v) is 10.0. The number of halogens is 4. The maximum Gasteiger partial charge on any atom is 0.416 e. The molecule has 1 aliphatic heterocycles. The second-order valence-electron chi connectivity index (χ2n) is 7.22. The van der Waals surface area contributed by atoms with Gasteiger partial charge in [-0.15, -0.1) is 0 Å². The SMILES string of the molecule is O=c1c(Cl)c(N2CCOC(c3ccc(C(F)(F)F)cc3)C2)cnn1Cc1ccccc1. The fourth-order valence-corrected chi connectivity index (χ4v) is 3.77. The largest absolute Gasteiger partial charge is 0.416 e. The Balaban J connectivity index is 1.53. The summed E-state index contributed by atoms with van der Waals surface area (Å²) in [4.78, 5) is 14.6. The number of morpholine rings is 1. The van der Waals surface area contributed by atoms with Crippen molar-refractivity contribution in [2.75, 3.05) is 24.6 Å². The van der Waals surface area contributed by atoms with Crippen LogP contribution in [0.15, 0.2) is 65.6 Å². The van der Waals surface area contributed by atoms with Crippen LogP contribution in [0, 0.1) is 0 Å². The third-order valence-electron chi connectivity index (χ3n) is 5.16. The molecule has 0 saturated carbocycles. The quantitative estimate of drug-likeness (QED) is 0.586. The molecule has 2 aromatic carbocycles. The third-order valence-corrected chi connectivity index (χ3v) is 5.51. The Bertz CT molecular complexity index is 1100. The number of alkyl halides is 3. The van der Waals surface area contributed by atoms with E-state index < -0.39 is 23.4 Å². The monoisotopic (exact) mass is 449 g/mol. The molecule has 1 saturated heterocycles. The summed E-state index contributed by atoms with van der Waals surface area (Å²) in [5.74, 6) is 0. The summed E-state index contributed by atoms with van der Waals surface area (Å²) in [5.41, 5.74) is 0.920. The minimum absolute atomic E-state index is 0.0546. The molecule has 1 aromatic heterocycles. The Morgan fingerprint density at radius 3 is 2.48 bits per heavy atom. The third kappa shape index (κ3) is 4.75. The molecule has 0 amide bonds. The summed E-state index contributed by atoms with van der Waals surface area (Å²) in [6, 6.07) is 14.3. The van der Waals surface area contributed by atoms with Crippen molar-refractivity contribution < 1.29 is 17.9 Å². The fraction of sp³-hybridized carbons (Fsp3) is 0.273. The molecule has 4 rings (SSSR count). The number of nitrogens with zero attached hydrogens (tertiary/aromatic N) is 3. The van der Waals surface area contributed by atoms with E-state index in [-0.39, 0.29) is 5.02 Å². The molecule has 0 spiro atoms. The Hall–Kier alpha value is -2.84. The molecule has 0 aliphatic carbocycles. The van der Waals surface area contributed by atoms with Gasteiger partial charge in [-0.25, -0.2) is 4.68 Å². The van der Waals surface area contributed by atoms with Crippen LogP contribution < -0.4 is 10.5 Å². The molecule has 0 N–H and O–H groups in total. The highest BCUT2D eigenvalue weighted by molar-refractivity contribution is 6.33. The van der Waals surface area contributed by atoms with Crippen molar-refractivity contribution in [3.8, 4) is 0 Å². The standard InChI is InChI=1S/C22H19ClF3N3O2/c23-20-18(12-27-29(21(20)30)13-15-4-2-1-3-5-15)28-10-11-31-19(14-28)16-6-8-17(9-7-16)22(24,25)26/h1-9,12,19H,10-11,13-14H2. The number of hydrogen-bond donors (Lipinski definition) is 0. The van der Waals surface area contributed by atoms with Crippen molar-refractivity contribution >= 4 is 17.3 Å². The van der Waals surface area contributed by atoms with E-state index in [4.69, 9.17) is 16.3 Å². The van der Waals surface area contributed by atoms with Crippen LogP contribution in [0.25, 0.3) is 0 Å². The first-order chi connectivity index (χ1) is 14.8. The molecular weight excluding hydrogens is 431 g/mol. The first-order valence-electron chi connectivity index (χ1n) is 9.66. The molecule has 1 fully saturated rings. The van der Waals surface area contributed by atoms with Gasteiger partial charge < -0.3 is 9.64 Å². The lowest BCUT2D eigenvalue weighted by Crippen LogP contribution is -2.40. The Labute approximate surface area is 181 Å². The lowest BCUT2D eigenvalue weighted by Gasteiger charge is -2.35. The van der Waals surface area contributed by atoms with Crippen LogP contribution in [0.5, 0.6) is 0 Å². The van der Waals surface area contributed by atoms with Crippen LogP contribution in [0.2, 0.25) is 5.02 Å². The van der Waals surface area contributed by atoms with E-state index in [1.807, 2.05) is 35.2 Å². The number of hydrogen-bond acceptors (Lipinski definition) is 4. The van der Waals surface area contributed by atoms with Gasteiger partial charge in [-0.05, 0) is 23.3 Å². The second kappa shape index (κ2) is 8.72. The molecule has 2 heterocycles. The summed E-state index contributed by atoms with van der Waals surface area (Å²) in [7, 11) is 0. The van der Waals surface area contributed by atoms with Gasteiger partial charge in [-0.3, -0.25) is 4.79 Å². The summed E-state index contributed by atoms with van der Waals surface area (Å²) in [5, 5.41) is 4.31. The normalized spacial score (nSPS) is 17.0. The summed E-state index contributed by atoms with van der Waals surface area (Å²) in [6.07, 6.45) is -3.29. The van der Waals surface area contributed by atoms with Crippen LogP contribution in [0.4, 0.5) is 18.9 Å². The number of ether oxygens (including phenoxy) is 1. The minimum atomic E-state index is -4.39. The predicted octanol–water partition coefficient (Wildman–Crippen LogP) is 4.54. The molecule has 0 bridgehead atoms. The summed E-state index contributed by atoms with van der Waals surface area (Å²) < 4.78 is 45.5. The second-order valence-corrected chi connectivity index (χ2v) is 7.60. The molecule has 5 nitrogen and oxygen atoms in total. The Morgan fingerprint density at radius 1 is 1.10 bits per heavy atom. The van der Waals surface area contributed by atoms with Crippen LogP contribution >= 0.6 is 11.6 Å². The maximum atomic E-state index is 12.8. The molecule has 9 heteroatoms. The van der Waals surface area contributed by atoms with Crippen LogP contribution in [-0.2, 0) is 17.5 Å². The van der Waals surface area contributed by atoms with Crippen LogP contribution in [0.3, 0.4) is 0 Å². The van der Waals surface area contributed by atoms with Gasteiger partial charge in [-0.2, -0.15) is 18.3 Å². The van der Waals surface area contributed by atoms with Gasteiger partial charge in [-0.1, -0.05) is 54.1 Å². The van der Waals surface area contributed by atoms with E-state index in [2.05, 4.69) is 5.10 Å². The van der Waals surface area contributed by atoms with E-state index in [1.165, 1.54) is 16.8 Å². The molecule has 1 atom stereocenters. The van der Waals surface area contributed by atoms with Crippen molar-refractivity contribution in [3.63, 3.8) is 0 Å². The fourth-order valence-electron chi connectivity index (χ4n) is 3.50. The first kappa shape index (κ1) is 21.4. The zero-order valence-corrected chi connectivity index (χ0v) is 17.1. The highest BCUT2D eigenvalue weighted by atomic mass is 35.5. The molecule has 0 radical (unpaired) electrons. The van der Waals surface area contributed by atoms with Crippen molar-refractivity contribution in [1.82, 2.24) is 9.78 Å². The van der Waals surface area contributed by atoms with E-state index in [9.17, 15) is 18.0 Å². The van der Waals surface area contributed by atoms with Gasteiger partial charge in [0, 0.05) is 13.1 Å². The summed E-state index contributed by atoms with van der Waals surface area (Å²) >= 11 is 6.38. The van der Waals surface area contributed by atoms with Gasteiger partial charge in [0.05, 0.1) is 30.6 Å². The van der Waals surface area contributed by atoms with E-state index in [0.29, 0.717) is 37.5 Å². The molecule has 31 heavy (non-hydrogen) atoms. The number of rotatable bonds is 4. The molecule has 3 aromatic rings. The van der Waals surface area contributed by atoms with E-state index >= 15 is 0 Å². The Morgan fingerprint density at radius 2 is 1.81 bits per heavy atom. The smallest absolute Gasteiger partial charge is 0.370 e. The maximum absolute atomic E-state index is 12.8. The van der Waals surface area contributed by atoms with Crippen molar-refractivity contribution in [2.45, 2.75) is 18.8 Å². The average molecular weight is 450 g/mol. The van der Waals surface area contributed by atoms with E-state index in [1.54, 1.807) is 6.20 Å².